The Labute approximate surface area is 69.0 Å². The maximum absolute atomic E-state index is 10.8. The third-order valence-corrected chi connectivity index (χ3v) is 1.76. The highest BCUT2D eigenvalue weighted by atomic mass is 35.5. The molecule has 0 saturated carbocycles. The minimum Gasteiger partial charge on any atom is -0.385 e. The van der Waals surface area contributed by atoms with Gasteiger partial charge in [-0.05, 0) is 6.42 Å². The Hall–Kier alpha value is -0.830. The summed E-state index contributed by atoms with van der Waals surface area (Å²) in [4.78, 5) is 21.4. The summed E-state index contributed by atoms with van der Waals surface area (Å²) in [5, 5.41) is -0.0585. The summed E-state index contributed by atoms with van der Waals surface area (Å²) in [6.07, 6.45) is 1.28. The number of halogens is 1. The summed E-state index contributed by atoms with van der Waals surface area (Å²) in [5.41, 5.74) is 0.305. The smallest absolute Gasteiger partial charge is 0.358 e. The normalized spacial score (nSPS) is 17.6. The largest absolute Gasteiger partial charge is 0.385 e. The van der Waals surface area contributed by atoms with Gasteiger partial charge in [0.15, 0.2) is 0 Å². The molecule has 0 atom stereocenters. The molecule has 60 valence electrons. The van der Waals surface area contributed by atoms with Gasteiger partial charge in [0.05, 0.1) is 5.57 Å². The van der Waals surface area contributed by atoms with E-state index in [1.54, 1.807) is 0 Å². The summed E-state index contributed by atoms with van der Waals surface area (Å²) in [7, 11) is 0. The van der Waals surface area contributed by atoms with Crippen molar-refractivity contribution >= 4 is 23.5 Å². The van der Waals surface area contributed by atoms with Gasteiger partial charge in [0, 0.05) is 0 Å². The first-order chi connectivity index (χ1) is 5.16. The Bertz CT molecular complexity index is 242. The zero-order valence-corrected chi connectivity index (χ0v) is 6.77. The number of carbonyl (C=O) groups is 2. The van der Waals surface area contributed by atoms with Gasteiger partial charge in [0.25, 0.3) is 0 Å². The van der Waals surface area contributed by atoms with Gasteiger partial charge in [0.2, 0.25) is 0 Å². The van der Waals surface area contributed by atoms with Crippen LogP contribution in [-0.2, 0) is 14.3 Å². The molecule has 11 heavy (non-hydrogen) atoms. The third kappa shape index (κ3) is 1.43. The van der Waals surface area contributed by atoms with Crippen molar-refractivity contribution in [1.29, 1.82) is 0 Å². The van der Waals surface area contributed by atoms with E-state index < -0.39 is 11.9 Å². The van der Waals surface area contributed by atoms with Crippen molar-refractivity contribution in [3.8, 4) is 0 Å². The molecule has 0 saturated heterocycles. The number of ether oxygens (including phenoxy) is 1. The fourth-order valence-corrected chi connectivity index (χ4v) is 1.08. The van der Waals surface area contributed by atoms with Crippen LogP contribution < -0.4 is 0 Å². The minimum atomic E-state index is -0.722. The van der Waals surface area contributed by atoms with E-state index in [1.807, 2.05) is 6.92 Å². The van der Waals surface area contributed by atoms with E-state index in [0.29, 0.717) is 12.0 Å². The van der Waals surface area contributed by atoms with Crippen LogP contribution in [0.5, 0.6) is 0 Å². The van der Waals surface area contributed by atoms with Crippen molar-refractivity contribution in [3.63, 3.8) is 0 Å². The van der Waals surface area contributed by atoms with Crippen molar-refractivity contribution in [2.45, 2.75) is 19.8 Å². The minimum absolute atomic E-state index is 0.0585. The fraction of sp³-hybridized carbons (Fsp3) is 0.429. The Morgan fingerprint density at radius 1 is 1.36 bits per heavy atom. The maximum atomic E-state index is 10.8. The van der Waals surface area contributed by atoms with Crippen LogP contribution in [0.15, 0.2) is 10.6 Å². The molecule has 0 aliphatic carbocycles. The van der Waals surface area contributed by atoms with Crippen LogP contribution >= 0.6 is 11.6 Å². The fourth-order valence-electron chi connectivity index (χ4n) is 0.865. The van der Waals surface area contributed by atoms with Crippen LogP contribution in [0.4, 0.5) is 0 Å². The lowest BCUT2D eigenvalue weighted by molar-refractivity contribution is -0.150. The topological polar surface area (TPSA) is 43.4 Å². The molecule has 0 aromatic carbocycles. The molecule has 1 heterocycles. The summed E-state index contributed by atoms with van der Waals surface area (Å²) in [6.45, 7) is 1.90. The van der Waals surface area contributed by atoms with Gasteiger partial charge < -0.3 is 4.74 Å². The summed E-state index contributed by atoms with van der Waals surface area (Å²) in [5.74, 6) is -1.32. The van der Waals surface area contributed by atoms with Crippen LogP contribution in [0.2, 0.25) is 0 Å². The average Bonchev–Trinajstić information content (AvgIpc) is 2.17. The Morgan fingerprint density at radius 2 is 2.00 bits per heavy atom. The molecule has 3 nitrogen and oxygen atoms in total. The zero-order chi connectivity index (χ0) is 8.43. The van der Waals surface area contributed by atoms with E-state index in [4.69, 9.17) is 11.6 Å². The summed E-state index contributed by atoms with van der Waals surface area (Å²) < 4.78 is 4.25. The van der Waals surface area contributed by atoms with Crippen molar-refractivity contribution < 1.29 is 14.3 Å². The molecule has 0 aromatic heterocycles. The van der Waals surface area contributed by atoms with Crippen LogP contribution in [-0.4, -0.2) is 11.9 Å². The number of esters is 2. The van der Waals surface area contributed by atoms with Gasteiger partial charge in [-0.25, -0.2) is 9.59 Å². The first kappa shape index (κ1) is 8.27. The highest BCUT2D eigenvalue weighted by Gasteiger charge is 2.30. The first-order valence-electron chi connectivity index (χ1n) is 3.32. The molecule has 1 aliphatic heterocycles. The molecular weight excluding hydrogens is 168 g/mol. The highest BCUT2D eigenvalue weighted by molar-refractivity contribution is 6.45. The lowest BCUT2D eigenvalue weighted by Crippen LogP contribution is -2.01. The monoisotopic (exact) mass is 174 g/mol. The van der Waals surface area contributed by atoms with Gasteiger partial charge in [-0.15, -0.1) is 0 Å². The predicted molar refractivity (Wildman–Crippen MR) is 38.9 cm³/mol. The maximum Gasteiger partial charge on any atom is 0.358 e. The molecular formula is C7H7ClO3. The van der Waals surface area contributed by atoms with Crippen molar-refractivity contribution in [3.05, 3.63) is 10.6 Å². The quantitative estimate of drug-likeness (QED) is 0.469. The highest BCUT2D eigenvalue weighted by Crippen LogP contribution is 2.24. The van der Waals surface area contributed by atoms with Crippen LogP contribution in [0, 0.1) is 0 Å². The number of carbonyl (C=O) groups excluding carboxylic acids is 2. The van der Waals surface area contributed by atoms with Gasteiger partial charge in [-0.3, -0.25) is 0 Å². The van der Waals surface area contributed by atoms with Crippen molar-refractivity contribution in [2.24, 2.45) is 0 Å². The number of rotatable bonds is 2. The molecule has 0 bridgehead atoms. The number of hydrogen-bond donors (Lipinski definition) is 0. The molecule has 0 spiro atoms. The molecule has 0 fully saturated rings. The summed E-state index contributed by atoms with van der Waals surface area (Å²) >= 11 is 5.49. The second kappa shape index (κ2) is 3.05. The third-order valence-electron chi connectivity index (χ3n) is 1.38. The van der Waals surface area contributed by atoms with Crippen LogP contribution in [0.1, 0.15) is 19.8 Å². The molecule has 1 aliphatic rings. The van der Waals surface area contributed by atoms with Gasteiger partial charge in [0.1, 0.15) is 5.03 Å². The summed E-state index contributed by atoms with van der Waals surface area (Å²) in [6, 6.07) is 0. The lowest BCUT2D eigenvalue weighted by Gasteiger charge is -1.91. The molecule has 4 heteroatoms. The first-order valence-corrected chi connectivity index (χ1v) is 3.69. The molecule has 0 aromatic rings. The zero-order valence-electron chi connectivity index (χ0n) is 6.02. The van der Waals surface area contributed by atoms with Crippen LogP contribution in [0.3, 0.4) is 0 Å². The van der Waals surface area contributed by atoms with Crippen LogP contribution in [0.25, 0.3) is 0 Å². The Morgan fingerprint density at radius 3 is 2.36 bits per heavy atom. The average molecular weight is 175 g/mol. The van der Waals surface area contributed by atoms with E-state index in [2.05, 4.69) is 4.74 Å². The Balaban J connectivity index is 2.87. The Kier molecular flexibility index (Phi) is 2.29. The second-order valence-electron chi connectivity index (χ2n) is 2.22. The molecule has 0 unspecified atom stereocenters. The van der Waals surface area contributed by atoms with Crippen molar-refractivity contribution in [2.75, 3.05) is 0 Å². The molecule has 0 N–H and O–H groups in total. The number of hydrogen-bond acceptors (Lipinski definition) is 3. The van der Waals surface area contributed by atoms with Gasteiger partial charge in [-0.2, -0.15) is 0 Å². The van der Waals surface area contributed by atoms with Crippen molar-refractivity contribution in [1.82, 2.24) is 0 Å². The van der Waals surface area contributed by atoms with E-state index in [1.165, 1.54) is 0 Å². The lowest BCUT2D eigenvalue weighted by atomic mass is 10.1. The second-order valence-corrected chi connectivity index (χ2v) is 2.60. The number of cyclic esters (lactones) is 2. The van der Waals surface area contributed by atoms with E-state index in [0.717, 1.165) is 6.42 Å². The van der Waals surface area contributed by atoms with E-state index >= 15 is 0 Å². The molecule has 0 amide bonds. The standard InChI is InChI=1S/C7H7ClO3/c1-2-3-4-5(8)7(10)11-6(4)9/h2-3H2,1H3. The SMILES string of the molecule is CCCC1=C(Cl)C(=O)OC1=O. The predicted octanol–water partition coefficient (Wildman–Crippen LogP) is 1.36. The molecule has 0 radical (unpaired) electrons. The van der Waals surface area contributed by atoms with E-state index in [9.17, 15) is 9.59 Å². The van der Waals surface area contributed by atoms with E-state index in [-0.39, 0.29) is 5.03 Å². The van der Waals surface area contributed by atoms with Gasteiger partial charge in [-0.1, -0.05) is 24.9 Å². The molecule has 1 rings (SSSR count). The van der Waals surface area contributed by atoms with Gasteiger partial charge >= 0.3 is 11.9 Å².